The van der Waals surface area contributed by atoms with Crippen LogP contribution in [0.15, 0.2) is 48.6 Å². The molecule has 0 heterocycles. The van der Waals surface area contributed by atoms with Crippen molar-refractivity contribution < 1.29 is 32.7 Å². The largest absolute Gasteiger partial charge is 0.406 e. The van der Waals surface area contributed by atoms with E-state index in [9.17, 15) is 32.7 Å². The van der Waals surface area contributed by atoms with Gasteiger partial charge in [-0.1, -0.05) is 48.6 Å². The van der Waals surface area contributed by atoms with Crippen LogP contribution in [0.4, 0.5) is 13.2 Å². The Morgan fingerprint density at radius 2 is 1.79 bits per heavy atom. The molecule has 2 unspecified atom stereocenters. The van der Waals surface area contributed by atoms with Crippen LogP contribution in [0.5, 0.6) is 0 Å². The predicted molar refractivity (Wildman–Crippen MR) is 97.6 cm³/mol. The molecular formula is C19H20F3N3O4. The molecule has 0 saturated heterocycles. The zero-order valence-electron chi connectivity index (χ0n) is 15.7. The molecule has 1 aromatic rings. The fourth-order valence-electron chi connectivity index (χ4n) is 3.02. The first-order chi connectivity index (χ1) is 13.4. The van der Waals surface area contributed by atoms with Gasteiger partial charge < -0.3 is 21.1 Å². The van der Waals surface area contributed by atoms with E-state index in [-0.39, 0.29) is 4.90 Å². The third kappa shape index (κ3) is 3.63. The Labute approximate surface area is 164 Å². The van der Waals surface area contributed by atoms with Crippen LogP contribution in [-0.2, 0) is 14.4 Å². The minimum absolute atomic E-state index is 0.0212. The van der Waals surface area contributed by atoms with E-state index in [0.29, 0.717) is 24.3 Å². The van der Waals surface area contributed by atoms with E-state index in [1.807, 2.05) is 5.32 Å². The highest BCUT2D eigenvalue weighted by molar-refractivity contribution is 6.10. The number of primary amides is 1. The van der Waals surface area contributed by atoms with Gasteiger partial charge in [0, 0.05) is 14.1 Å². The van der Waals surface area contributed by atoms with E-state index < -0.39 is 41.5 Å². The molecule has 0 radical (unpaired) electrons. The molecule has 1 aliphatic rings. The summed E-state index contributed by atoms with van der Waals surface area (Å²) in [4.78, 5) is 36.5. The first-order valence-corrected chi connectivity index (χ1v) is 8.46. The van der Waals surface area contributed by atoms with E-state index >= 15 is 0 Å². The number of carbonyl (C=O) groups is 3. The predicted octanol–water partition coefficient (Wildman–Crippen LogP) is 0.957. The highest BCUT2D eigenvalue weighted by Crippen LogP contribution is 2.48. The van der Waals surface area contributed by atoms with E-state index in [0.717, 1.165) is 13.1 Å². The second kappa shape index (κ2) is 7.70. The second-order valence-electron chi connectivity index (χ2n) is 6.51. The van der Waals surface area contributed by atoms with Crippen molar-refractivity contribution in [2.24, 2.45) is 11.1 Å². The van der Waals surface area contributed by atoms with Crippen LogP contribution in [0.25, 0.3) is 5.57 Å². The molecule has 7 nitrogen and oxygen atoms in total. The van der Waals surface area contributed by atoms with Gasteiger partial charge in [0.1, 0.15) is 0 Å². The number of nitrogens with one attached hydrogen (secondary N) is 1. The van der Waals surface area contributed by atoms with E-state index in [1.54, 1.807) is 30.3 Å². The Kier molecular flexibility index (Phi) is 5.89. The van der Waals surface area contributed by atoms with Crippen molar-refractivity contribution in [3.63, 3.8) is 0 Å². The molecule has 0 saturated carbocycles. The third-order valence-corrected chi connectivity index (χ3v) is 4.86. The average molecular weight is 411 g/mol. The number of halogens is 3. The number of benzene rings is 1. The van der Waals surface area contributed by atoms with E-state index in [4.69, 9.17) is 5.73 Å². The van der Waals surface area contributed by atoms with Crippen LogP contribution in [0.3, 0.4) is 0 Å². The number of alkyl halides is 3. The number of carbonyl (C=O) groups excluding carboxylic acids is 3. The molecule has 0 fully saturated rings. The van der Waals surface area contributed by atoms with Crippen molar-refractivity contribution in [1.82, 2.24) is 10.2 Å². The Balaban J connectivity index is 2.48. The minimum atomic E-state index is -5.07. The number of likely N-dealkylation sites (N-methyl/N-ethyl adjacent to an activating group) is 2. The van der Waals surface area contributed by atoms with Crippen LogP contribution in [0, 0.1) is 5.41 Å². The molecular weight excluding hydrogens is 391 g/mol. The lowest BCUT2D eigenvalue weighted by Gasteiger charge is -2.40. The van der Waals surface area contributed by atoms with Crippen LogP contribution >= 0.6 is 0 Å². The zero-order valence-corrected chi connectivity index (χ0v) is 15.7. The van der Waals surface area contributed by atoms with Crippen molar-refractivity contribution in [3.05, 3.63) is 54.1 Å². The lowest BCUT2D eigenvalue weighted by Crippen LogP contribution is -2.68. The van der Waals surface area contributed by atoms with Gasteiger partial charge in [-0.05, 0) is 17.6 Å². The van der Waals surface area contributed by atoms with Gasteiger partial charge in [0.25, 0.3) is 11.8 Å². The lowest BCUT2D eigenvalue weighted by atomic mass is 9.76. The summed E-state index contributed by atoms with van der Waals surface area (Å²) in [5, 5.41) is 12.3. The maximum atomic E-state index is 14.0. The molecule has 0 aliphatic heterocycles. The Morgan fingerprint density at radius 3 is 2.21 bits per heavy atom. The molecule has 4 N–H and O–H groups in total. The second-order valence-corrected chi connectivity index (χ2v) is 6.51. The van der Waals surface area contributed by atoms with E-state index in [1.165, 1.54) is 6.08 Å². The number of rotatable bonds is 5. The molecule has 10 heteroatoms. The lowest BCUT2D eigenvalue weighted by molar-refractivity contribution is -0.221. The summed E-state index contributed by atoms with van der Waals surface area (Å²) in [7, 11) is 1.74. The quantitative estimate of drug-likeness (QED) is 0.495. The van der Waals surface area contributed by atoms with Gasteiger partial charge in [-0.25, -0.2) is 0 Å². The maximum absolute atomic E-state index is 14.0. The fraction of sp³-hybridized carbons (Fsp3) is 0.316. The third-order valence-electron chi connectivity index (χ3n) is 4.86. The fourth-order valence-corrected chi connectivity index (χ4v) is 3.02. The first-order valence-electron chi connectivity index (χ1n) is 8.46. The number of aliphatic hydroxyl groups is 1. The van der Waals surface area contributed by atoms with Crippen molar-refractivity contribution in [1.29, 1.82) is 0 Å². The van der Waals surface area contributed by atoms with Crippen molar-refractivity contribution >= 4 is 23.3 Å². The summed E-state index contributed by atoms with van der Waals surface area (Å²) in [6, 6.07) is 8.57. The molecule has 0 aromatic heterocycles. The smallest absolute Gasteiger partial charge is 0.365 e. The number of amides is 3. The summed E-state index contributed by atoms with van der Waals surface area (Å²) >= 11 is 0. The number of allylic oxidation sites excluding steroid dienone is 3. The maximum Gasteiger partial charge on any atom is 0.406 e. The summed E-state index contributed by atoms with van der Waals surface area (Å²) in [6.45, 7) is 0. The molecule has 29 heavy (non-hydrogen) atoms. The van der Waals surface area contributed by atoms with Crippen LogP contribution < -0.4 is 11.1 Å². The highest BCUT2D eigenvalue weighted by atomic mass is 19.4. The minimum Gasteiger partial charge on any atom is -0.365 e. The van der Waals surface area contributed by atoms with Crippen molar-refractivity contribution in [2.75, 3.05) is 14.1 Å². The van der Waals surface area contributed by atoms with Gasteiger partial charge in [0.15, 0.2) is 5.41 Å². The molecule has 0 bridgehead atoms. The van der Waals surface area contributed by atoms with Gasteiger partial charge in [-0.3, -0.25) is 14.4 Å². The van der Waals surface area contributed by atoms with Gasteiger partial charge in [0.05, 0.1) is 0 Å². The molecule has 3 amide bonds. The first kappa shape index (κ1) is 22.2. The Hall–Kier alpha value is -3.14. The summed E-state index contributed by atoms with van der Waals surface area (Å²) in [5.41, 5.74) is -0.243. The molecule has 156 valence electrons. The van der Waals surface area contributed by atoms with Crippen molar-refractivity contribution in [3.8, 4) is 0 Å². The normalized spacial score (nSPS) is 21.0. The topological polar surface area (TPSA) is 113 Å². The van der Waals surface area contributed by atoms with Gasteiger partial charge in [-0.2, -0.15) is 13.2 Å². The monoisotopic (exact) mass is 411 g/mol. The number of nitrogens with two attached hydrogens (primary N) is 1. The molecule has 2 rings (SSSR count). The Bertz CT molecular complexity index is 882. The Morgan fingerprint density at radius 1 is 1.21 bits per heavy atom. The van der Waals surface area contributed by atoms with Crippen molar-refractivity contribution in [2.45, 2.75) is 18.3 Å². The number of nitrogens with zero attached hydrogens (tertiary/aromatic N) is 1. The highest BCUT2D eigenvalue weighted by Gasteiger charge is 2.63. The summed E-state index contributed by atoms with van der Waals surface area (Å²) in [6.07, 6.45) is -2.82. The zero-order chi connectivity index (χ0) is 22.0. The summed E-state index contributed by atoms with van der Waals surface area (Å²) < 4.78 is 41.9. The molecule has 1 aliphatic carbocycles. The van der Waals surface area contributed by atoms with Gasteiger partial charge in [0.2, 0.25) is 5.91 Å². The average Bonchev–Trinajstić information content (AvgIpc) is 2.71. The number of hydrogen-bond donors (Lipinski definition) is 3. The van der Waals surface area contributed by atoms with E-state index in [2.05, 4.69) is 0 Å². The molecule has 1 aromatic carbocycles. The molecule has 2 atom stereocenters. The number of hydrogen-bond acceptors (Lipinski definition) is 4. The summed E-state index contributed by atoms with van der Waals surface area (Å²) in [5.74, 6) is -4.82. The van der Waals surface area contributed by atoms with Crippen LogP contribution in [0.2, 0.25) is 0 Å². The van der Waals surface area contributed by atoms with Crippen LogP contribution in [-0.4, -0.2) is 53.7 Å². The van der Waals surface area contributed by atoms with Crippen LogP contribution in [0.1, 0.15) is 12.0 Å². The molecule has 0 spiro atoms. The van der Waals surface area contributed by atoms with Gasteiger partial charge in [-0.15, -0.1) is 0 Å². The van der Waals surface area contributed by atoms with Gasteiger partial charge >= 0.3 is 11.9 Å². The standard InChI is InChI=1S/C19H20F3N3O4/c1-24-15(27)18(29,14(23)26)25(2)16(28)17(19(20,21)22)10-8-13(9-11-17)12-6-4-3-5-7-12/h3-10,29H,11H2,1-2H3,(H2,23,26)(H,24,27). The SMILES string of the molecule is CNC(=O)C(O)(C(N)=O)N(C)C(=O)C1(C(F)(F)F)C=CC(c2ccccc2)=CC1.